The highest BCUT2D eigenvalue weighted by atomic mass is 35.5. The predicted octanol–water partition coefficient (Wildman–Crippen LogP) is 5.88. The summed E-state index contributed by atoms with van der Waals surface area (Å²) in [6.45, 7) is 4.35. The van der Waals surface area contributed by atoms with Crippen molar-refractivity contribution in [3.63, 3.8) is 0 Å². The van der Waals surface area contributed by atoms with Crippen LogP contribution in [0.1, 0.15) is 49.0 Å². The third-order valence-electron chi connectivity index (χ3n) is 4.08. The SMILES string of the molecule is CC(C)SC1Cc2c(ccc(C(=O)C3=C(Cl)CCCC3=O)c2Cl)S1. The van der Waals surface area contributed by atoms with Gasteiger partial charge >= 0.3 is 0 Å². The molecule has 1 aromatic carbocycles. The van der Waals surface area contributed by atoms with Gasteiger partial charge in [0.1, 0.15) is 0 Å². The molecule has 0 aromatic heterocycles. The highest BCUT2D eigenvalue weighted by Crippen LogP contribution is 2.47. The number of ketones is 2. The van der Waals surface area contributed by atoms with Crippen LogP contribution in [0.2, 0.25) is 5.02 Å². The van der Waals surface area contributed by atoms with Crippen molar-refractivity contribution in [2.24, 2.45) is 0 Å². The fourth-order valence-corrected chi connectivity index (χ4v) is 6.78. The number of rotatable bonds is 4. The second-order valence-corrected chi connectivity index (χ2v) is 10.4. The molecule has 0 fully saturated rings. The van der Waals surface area contributed by atoms with Crippen LogP contribution in [-0.2, 0) is 11.2 Å². The van der Waals surface area contributed by atoms with Gasteiger partial charge in [-0.1, -0.05) is 37.0 Å². The minimum Gasteiger partial charge on any atom is -0.294 e. The Hall–Kier alpha value is -0.420. The number of Topliss-reactive ketones (excluding diaryl/α,β-unsaturated/α-hetero) is 2. The minimum absolute atomic E-state index is 0.128. The van der Waals surface area contributed by atoms with Gasteiger partial charge in [-0.3, -0.25) is 9.59 Å². The number of carbonyl (C=O) groups excluding carboxylic acids is 2. The largest absolute Gasteiger partial charge is 0.294 e. The molecule has 128 valence electrons. The normalized spacial score (nSPS) is 20.7. The van der Waals surface area contributed by atoms with Crippen molar-refractivity contribution in [2.75, 3.05) is 0 Å². The van der Waals surface area contributed by atoms with Crippen LogP contribution in [0.4, 0.5) is 0 Å². The molecular formula is C18H18Cl2O2S2. The van der Waals surface area contributed by atoms with Crippen molar-refractivity contribution >= 4 is 58.3 Å². The van der Waals surface area contributed by atoms with E-state index in [9.17, 15) is 9.59 Å². The molecule has 1 aliphatic carbocycles. The Bertz CT molecular complexity index is 741. The van der Waals surface area contributed by atoms with Crippen LogP contribution < -0.4 is 0 Å². The molecule has 1 aromatic rings. The lowest BCUT2D eigenvalue weighted by Gasteiger charge is -2.15. The van der Waals surface area contributed by atoms with E-state index in [2.05, 4.69) is 13.8 Å². The second-order valence-electron chi connectivity index (χ2n) is 6.23. The Kier molecular flexibility index (Phi) is 5.70. The van der Waals surface area contributed by atoms with Gasteiger partial charge in [0, 0.05) is 27.2 Å². The Labute approximate surface area is 160 Å². The maximum absolute atomic E-state index is 12.8. The molecule has 1 heterocycles. The molecule has 0 saturated heterocycles. The zero-order valence-corrected chi connectivity index (χ0v) is 16.7. The molecule has 2 nitrogen and oxygen atoms in total. The van der Waals surface area contributed by atoms with Gasteiger partial charge in [-0.05, 0) is 37.0 Å². The lowest BCUT2D eigenvalue weighted by Crippen LogP contribution is -2.18. The van der Waals surface area contributed by atoms with Crippen LogP contribution in [0.5, 0.6) is 0 Å². The standard InChI is InChI=1S/C18H18Cl2O2S2/c1-9(2)23-15-8-11-14(24-15)7-6-10(17(11)20)18(22)16-12(19)4-3-5-13(16)21/h6-7,9,15H,3-5,8H2,1-2H3. The number of hydrogen-bond donors (Lipinski definition) is 0. The zero-order chi connectivity index (χ0) is 17.4. The molecule has 2 aliphatic rings. The minimum atomic E-state index is -0.331. The Morgan fingerprint density at radius 2 is 2.04 bits per heavy atom. The lowest BCUT2D eigenvalue weighted by atomic mass is 9.91. The van der Waals surface area contributed by atoms with Crippen LogP contribution in [-0.4, -0.2) is 21.4 Å². The van der Waals surface area contributed by atoms with E-state index < -0.39 is 0 Å². The van der Waals surface area contributed by atoms with Crippen molar-refractivity contribution in [1.82, 2.24) is 0 Å². The van der Waals surface area contributed by atoms with E-state index in [1.165, 1.54) is 0 Å². The summed E-state index contributed by atoms with van der Waals surface area (Å²) in [5.74, 6) is -0.502. The summed E-state index contributed by atoms with van der Waals surface area (Å²) in [7, 11) is 0. The number of thioether (sulfide) groups is 2. The third kappa shape index (κ3) is 3.57. The smallest absolute Gasteiger partial charge is 0.199 e. The number of fused-ring (bicyclic) bond motifs is 1. The lowest BCUT2D eigenvalue weighted by molar-refractivity contribution is -0.115. The summed E-state index contributed by atoms with van der Waals surface area (Å²) in [6, 6.07) is 3.68. The molecule has 0 spiro atoms. The monoisotopic (exact) mass is 400 g/mol. The second kappa shape index (κ2) is 7.45. The molecule has 0 saturated carbocycles. The van der Waals surface area contributed by atoms with E-state index >= 15 is 0 Å². The summed E-state index contributed by atoms with van der Waals surface area (Å²) in [5.41, 5.74) is 1.55. The average molecular weight is 401 g/mol. The van der Waals surface area contributed by atoms with Gasteiger partial charge in [-0.25, -0.2) is 0 Å². The van der Waals surface area contributed by atoms with E-state index in [-0.39, 0.29) is 17.1 Å². The first kappa shape index (κ1) is 18.4. The van der Waals surface area contributed by atoms with Gasteiger partial charge < -0.3 is 0 Å². The maximum atomic E-state index is 12.8. The summed E-state index contributed by atoms with van der Waals surface area (Å²) < 4.78 is 0.418. The number of carbonyl (C=O) groups is 2. The van der Waals surface area contributed by atoms with Crippen LogP contribution in [0.15, 0.2) is 27.6 Å². The average Bonchev–Trinajstić information content (AvgIpc) is 2.90. The molecular weight excluding hydrogens is 383 g/mol. The summed E-state index contributed by atoms with van der Waals surface area (Å²) in [4.78, 5) is 26.1. The molecule has 0 amide bonds. The van der Waals surface area contributed by atoms with Crippen molar-refractivity contribution < 1.29 is 9.59 Å². The van der Waals surface area contributed by atoms with Crippen molar-refractivity contribution in [1.29, 1.82) is 0 Å². The van der Waals surface area contributed by atoms with Crippen LogP contribution in [0.25, 0.3) is 0 Å². The molecule has 3 rings (SSSR count). The fraction of sp³-hybridized carbons (Fsp3) is 0.444. The van der Waals surface area contributed by atoms with E-state index in [4.69, 9.17) is 23.2 Å². The van der Waals surface area contributed by atoms with Gasteiger partial charge in [-0.2, -0.15) is 0 Å². The van der Waals surface area contributed by atoms with E-state index in [0.717, 1.165) is 16.9 Å². The summed E-state index contributed by atoms with van der Waals surface area (Å²) in [6.07, 6.45) is 2.50. The molecule has 6 heteroatoms. The third-order valence-corrected chi connectivity index (χ3v) is 7.59. The van der Waals surface area contributed by atoms with Gasteiger partial charge in [-0.15, -0.1) is 23.5 Å². The molecule has 0 radical (unpaired) electrons. The highest BCUT2D eigenvalue weighted by molar-refractivity contribution is 8.17. The molecule has 1 unspecified atom stereocenters. The summed E-state index contributed by atoms with van der Waals surface area (Å²) >= 11 is 16.4. The quantitative estimate of drug-likeness (QED) is 0.466. The summed E-state index contributed by atoms with van der Waals surface area (Å²) in [5, 5.41) is 1.39. The van der Waals surface area contributed by atoms with Crippen molar-refractivity contribution in [3.05, 3.63) is 38.9 Å². The van der Waals surface area contributed by atoms with Crippen LogP contribution in [0.3, 0.4) is 0 Å². The van der Waals surface area contributed by atoms with Gasteiger partial charge in [0.25, 0.3) is 0 Å². The first-order valence-corrected chi connectivity index (χ1v) is 10.6. The van der Waals surface area contributed by atoms with E-state index in [0.29, 0.717) is 44.7 Å². The zero-order valence-electron chi connectivity index (χ0n) is 13.5. The number of halogens is 2. The highest BCUT2D eigenvalue weighted by Gasteiger charge is 2.31. The Balaban J connectivity index is 1.92. The van der Waals surface area contributed by atoms with Crippen molar-refractivity contribution in [2.45, 2.75) is 54.3 Å². The predicted molar refractivity (Wildman–Crippen MR) is 104 cm³/mol. The molecule has 0 bridgehead atoms. The van der Waals surface area contributed by atoms with Crippen molar-refractivity contribution in [3.8, 4) is 0 Å². The molecule has 0 N–H and O–H groups in total. The number of allylic oxidation sites excluding steroid dienone is 2. The topological polar surface area (TPSA) is 34.1 Å². The Morgan fingerprint density at radius 3 is 2.71 bits per heavy atom. The molecule has 1 atom stereocenters. The van der Waals surface area contributed by atoms with Gasteiger partial charge in [0.15, 0.2) is 11.6 Å². The first-order valence-electron chi connectivity index (χ1n) is 7.98. The first-order chi connectivity index (χ1) is 11.4. The number of benzene rings is 1. The van der Waals surface area contributed by atoms with E-state index in [1.807, 2.05) is 17.8 Å². The van der Waals surface area contributed by atoms with Crippen LogP contribution in [0, 0.1) is 0 Å². The molecule has 24 heavy (non-hydrogen) atoms. The van der Waals surface area contributed by atoms with E-state index in [1.54, 1.807) is 17.8 Å². The molecule has 1 aliphatic heterocycles. The van der Waals surface area contributed by atoms with Gasteiger partial charge in [0.2, 0.25) is 0 Å². The van der Waals surface area contributed by atoms with Crippen LogP contribution >= 0.6 is 46.7 Å². The number of hydrogen-bond acceptors (Lipinski definition) is 4. The maximum Gasteiger partial charge on any atom is 0.199 e. The van der Waals surface area contributed by atoms with Gasteiger partial charge in [0.05, 0.1) is 15.2 Å². The Morgan fingerprint density at radius 1 is 1.29 bits per heavy atom. The fourth-order valence-electron chi connectivity index (χ4n) is 3.00.